The van der Waals surface area contributed by atoms with Gasteiger partial charge in [-0.3, -0.25) is 0 Å². The average molecular weight is 189 g/mol. The number of nitrogens with two attached hydrogens (primary N) is 1. The van der Waals surface area contributed by atoms with E-state index in [-0.39, 0.29) is 4.91 Å². The summed E-state index contributed by atoms with van der Waals surface area (Å²) in [6.45, 7) is 0. The van der Waals surface area contributed by atoms with E-state index in [1.807, 2.05) is 0 Å². The van der Waals surface area contributed by atoms with Gasteiger partial charge in [0.1, 0.15) is 0 Å². The molecule has 0 aromatic carbocycles. The standard InChI is InChI=1S/C6H7NO2S2/c7-11(8,9)6-3-1-5(10)2-4-6/h1,3-4H,2H2,(H2,7,8,9). The molecule has 0 aliphatic heterocycles. The van der Waals surface area contributed by atoms with Crippen molar-refractivity contribution in [3.05, 3.63) is 23.1 Å². The van der Waals surface area contributed by atoms with E-state index < -0.39 is 10.0 Å². The summed E-state index contributed by atoms with van der Waals surface area (Å²) >= 11 is 4.81. The van der Waals surface area contributed by atoms with Crippen LogP contribution in [-0.4, -0.2) is 13.3 Å². The molecule has 0 heterocycles. The van der Waals surface area contributed by atoms with Crippen LogP contribution in [0.15, 0.2) is 23.1 Å². The van der Waals surface area contributed by atoms with Gasteiger partial charge in [-0.25, -0.2) is 13.6 Å². The van der Waals surface area contributed by atoms with Crippen LogP contribution in [-0.2, 0) is 10.0 Å². The molecule has 0 unspecified atom stereocenters. The molecule has 2 N–H and O–H groups in total. The Hall–Kier alpha value is -0.520. The molecule has 1 aliphatic rings. The molecule has 0 aromatic heterocycles. The molecule has 1 aliphatic carbocycles. The van der Waals surface area contributed by atoms with Gasteiger partial charge in [-0.2, -0.15) is 0 Å². The highest BCUT2D eigenvalue weighted by atomic mass is 32.2. The third-order valence-corrected chi connectivity index (χ3v) is 2.53. The SMILES string of the molecule is NS(=O)(=O)C1=CCC(=S)C=C1. The summed E-state index contributed by atoms with van der Waals surface area (Å²) in [5.74, 6) is 0. The van der Waals surface area contributed by atoms with Gasteiger partial charge in [0, 0.05) is 11.3 Å². The summed E-state index contributed by atoms with van der Waals surface area (Å²) in [4.78, 5) is 0.864. The minimum Gasteiger partial charge on any atom is -0.225 e. The molecule has 11 heavy (non-hydrogen) atoms. The third kappa shape index (κ3) is 2.21. The predicted molar refractivity (Wildman–Crippen MR) is 47.5 cm³/mol. The summed E-state index contributed by atoms with van der Waals surface area (Å²) in [6.07, 6.45) is 4.99. The van der Waals surface area contributed by atoms with Crippen molar-refractivity contribution in [2.45, 2.75) is 6.42 Å². The van der Waals surface area contributed by atoms with Crippen molar-refractivity contribution in [1.82, 2.24) is 0 Å². The van der Waals surface area contributed by atoms with E-state index in [0.29, 0.717) is 6.42 Å². The molecule has 0 amide bonds. The van der Waals surface area contributed by atoms with Crippen LogP contribution in [0.4, 0.5) is 0 Å². The second-order valence-corrected chi connectivity index (χ2v) is 4.24. The molecular weight excluding hydrogens is 182 g/mol. The molecule has 0 radical (unpaired) electrons. The molecule has 0 saturated carbocycles. The molecule has 5 heteroatoms. The molecular formula is C6H7NO2S2. The van der Waals surface area contributed by atoms with Gasteiger partial charge < -0.3 is 0 Å². The van der Waals surface area contributed by atoms with Crippen molar-refractivity contribution < 1.29 is 8.42 Å². The summed E-state index contributed by atoms with van der Waals surface area (Å²) in [6, 6.07) is 0. The average Bonchev–Trinajstić information content (AvgIpc) is 1.86. The Morgan fingerprint density at radius 2 is 2.09 bits per heavy atom. The number of thiocarbonyl (C=S) groups is 1. The van der Waals surface area contributed by atoms with Crippen LogP contribution in [0, 0.1) is 0 Å². The van der Waals surface area contributed by atoms with E-state index in [1.165, 1.54) is 12.2 Å². The fourth-order valence-corrected chi connectivity index (χ4v) is 1.45. The van der Waals surface area contributed by atoms with Crippen LogP contribution in [0.5, 0.6) is 0 Å². The minimum atomic E-state index is -3.53. The summed E-state index contributed by atoms with van der Waals surface area (Å²) < 4.78 is 21.4. The zero-order valence-corrected chi connectivity index (χ0v) is 7.28. The highest BCUT2D eigenvalue weighted by Gasteiger charge is 2.10. The van der Waals surface area contributed by atoms with Crippen LogP contribution >= 0.6 is 12.2 Å². The Labute approximate surface area is 70.6 Å². The van der Waals surface area contributed by atoms with Gasteiger partial charge in [0.25, 0.3) is 0 Å². The van der Waals surface area contributed by atoms with Crippen LogP contribution in [0.1, 0.15) is 6.42 Å². The lowest BCUT2D eigenvalue weighted by Gasteiger charge is -2.03. The second kappa shape index (κ2) is 2.84. The fraction of sp³-hybridized carbons (Fsp3) is 0.167. The van der Waals surface area contributed by atoms with Crippen molar-refractivity contribution in [2.75, 3.05) is 0 Å². The first-order chi connectivity index (χ1) is 5.00. The molecule has 0 saturated heterocycles. The number of primary sulfonamides is 1. The molecule has 3 nitrogen and oxygen atoms in total. The highest BCUT2D eigenvalue weighted by Crippen LogP contribution is 2.11. The van der Waals surface area contributed by atoms with E-state index in [9.17, 15) is 8.42 Å². The Morgan fingerprint density at radius 1 is 1.45 bits per heavy atom. The predicted octanol–water partition coefficient (Wildman–Crippen LogP) is 0.489. The monoisotopic (exact) mass is 189 g/mol. The van der Waals surface area contributed by atoms with Crippen molar-refractivity contribution >= 4 is 27.1 Å². The molecule has 0 atom stereocenters. The topological polar surface area (TPSA) is 60.2 Å². The third-order valence-electron chi connectivity index (χ3n) is 1.27. The molecule has 0 bridgehead atoms. The maximum Gasteiger partial charge on any atom is 0.237 e. The number of allylic oxidation sites excluding steroid dienone is 3. The molecule has 60 valence electrons. The van der Waals surface area contributed by atoms with Gasteiger partial charge in [0.05, 0.1) is 4.91 Å². The van der Waals surface area contributed by atoms with Crippen molar-refractivity contribution in [2.24, 2.45) is 5.14 Å². The molecule has 0 aromatic rings. The maximum atomic E-state index is 10.7. The van der Waals surface area contributed by atoms with Crippen LogP contribution in [0.3, 0.4) is 0 Å². The van der Waals surface area contributed by atoms with Crippen molar-refractivity contribution in [1.29, 1.82) is 0 Å². The summed E-state index contributed by atoms with van der Waals surface area (Å²) in [7, 11) is -3.53. The minimum absolute atomic E-state index is 0.145. The number of hydrogen-bond acceptors (Lipinski definition) is 3. The fourth-order valence-electron chi connectivity index (χ4n) is 0.723. The van der Waals surface area contributed by atoms with Crippen LogP contribution < -0.4 is 5.14 Å². The normalized spacial score (nSPS) is 18.3. The van der Waals surface area contributed by atoms with Gasteiger partial charge in [-0.15, -0.1) is 0 Å². The Balaban J connectivity index is 2.97. The number of hydrogen-bond donors (Lipinski definition) is 1. The van der Waals surface area contributed by atoms with Gasteiger partial charge in [-0.05, 0) is 12.2 Å². The van der Waals surface area contributed by atoms with Crippen molar-refractivity contribution in [3.63, 3.8) is 0 Å². The summed E-state index contributed by atoms with van der Waals surface area (Å²) in [5, 5.41) is 4.87. The van der Waals surface area contributed by atoms with Gasteiger partial charge in [0.15, 0.2) is 0 Å². The number of sulfonamides is 1. The zero-order valence-electron chi connectivity index (χ0n) is 5.65. The lowest BCUT2D eigenvalue weighted by molar-refractivity contribution is 0.604. The maximum absolute atomic E-state index is 10.7. The van der Waals surface area contributed by atoms with Gasteiger partial charge >= 0.3 is 0 Å². The largest absolute Gasteiger partial charge is 0.237 e. The highest BCUT2D eigenvalue weighted by molar-refractivity contribution is 7.93. The van der Waals surface area contributed by atoms with Crippen molar-refractivity contribution in [3.8, 4) is 0 Å². The Morgan fingerprint density at radius 3 is 2.45 bits per heavy atom. The summed E-state index contributed by atoms with van der Waals surface area (Å²) in [5.41, 5.74) is 0. The lowest BCUT2D eigenvalue weighted by Crippen LogP contribution is -2.15. The van der Waals surface area contributed by atoms with Gasteiger partial charge in [-0.1, -0.05) is 18.3 Å². The van der Waals surface area contributed by atoms with E-state index in [0.717, 1.165) is 4.86 Å². The van der Waals surface area contributed by atoms with Crippen LogP contribution in [0.25, 0.3) is 0 Å². The van der Waals surface area contributed by atoms with Gasteiger partial charge in [0.2, 0.25) is 10.0 Å². The van der Waals surface area contributed by atoms with E-state index in [1.54, 1.807) is 6.08 Å². The smallest absolute Gasteiger partial charge is 0.225 e. The quantitative estimate of drug-likeness (QED) is 0.611. The van der Waals surface area contributed by atoms with Crippen LogP contribution in [0.2, 0.25) is 0 Å². The number of rotatable bonds is 1. The van der Waals surface area contributed by atoms with E-state index >= 15 is 0 Å². The van der Waals surface area contributed by atoms with E-state index in [4.69, 9.17) is 17.4 Å². The first-order valence-electron chi connectivity index (χ1n) is 2.94. The lowest BCUT2D eigenvalue weighted by atomic mass is 10.2. The van der Waals surface area contributed by atoms with E-state index in [2.05, 4.69) is 0 Å². The molecule has 1 rings (SSSR count). The first-order valence-corrected chi connectivity index (χ1v) is 4.89. The Bertz CT molecular complexity index is 338. The first kappa shape index (κ1) is 8.58. The molecule has 0 fully saturated rings. The molecule has 0 spiro atoms. The zero-order chi connectivity index (χ0) is 8.48. The Kier molecular flexibility index (Phi) is 2.22. The second-order valence-electron chi connectivity index (χ2n) is 2.16.